The van der Waals surface area contributed by atoms with Gasteiger partial charge in [-0.25, -0.2) is 4.79 Å². The molecule has 3 radical (unpaired) electrons. The summed E-state index contributed by atoms with van der Waals surface area (Å²) in [5, 5.41) is 7.60. The van der Waals surface area contributed by atoms with Crippen LogP contribution in [0.15, 0.2) is 12.7 Å². The molecule has 81 valence electrons. The van der Waals surface area contributed by atoms with Gasteiger partial charge in [-0.15, -0.1) is 0 Å². The average Bonchev–Trinajstić information content (AvgIpc) is 2.20. The van der Waals surface area contributed by atoms with Gasteiger partial charge in [0.15, 0.2) is 0 Å². The monoisotopic (exact) mass is 305 g/mol. The molecule has 0 amide bonds. The van der Waals surface area contributed by atoms with E-state index in [4.69, 9.17) is 5.11 Å². The molecule has 0 aromatic carbocycles. The van der Waals surface area contributed by atoms with E-state index in [0.717, 1.165) is 12.0 Å². The van der Waals surface area contributed by atoms with Gasteiger partial charge in [0, 0.05) is 6.08 Å². The van der Waals surface area contributed by atoms with Crippen molar-refractivity contribution in [2.45, 2.75) is 44.0 Å². The maximum atomic E-state index is 9.25. The molecule has 0 aliphatic carbocycles. The first-order valence-corrected chi connectivity index (χ1v) is 7.14. The van der Waals surface area contributed by atoms with Gasteiger partial charge >= 0.3 is 78.4 Å². The summed E-state index contributed by atoms with van der Waals surface area (Å²) in [6.07, 6.45) is 6.50. The molecule has 0 rings (SSSR count). The van der Waals surface area contributed by atoms with E-state index in [1.807, 2.05) is 0 Å². The summed E-state index contributed by atoms with van der Waals surface area (Å²) in [6.45, 7) is 7.54. The van der Waals surface area contributed by atoms with Gasteiger partial charge in [-0.05, 0) is 0 Å². The van der Waals surface area contributed by atoms with E-state index >= 15 is 0 Å². The van der Waals surface area contributed by atoms with Gasteiger partial charge in [-0.1, -0.05) is 6.58 Å². The molecule has 0 bridgehead atoms. The van der Waals surface area contributed by atoms with Gasteiger partial charge in [-0.3, -0.25) is 0 Å². The molecule has 1 unspecified atom stereocenters. The van der Waals surface area contributed by atoms with Crippen LogP contribution in [-0.4, -0.2) is 33.6 Å². The normalized spacial score (nSPS) is 11.1. The number of rotatable bonds is 6. The molecule has 2 nitrogen and oxygen atoms in total. The summed E-state index contributed by atoms with van der Waals surface area (Å²) < 4.78 is 1.46. The first kappa shape index (κ1) is 16.4. The van der Waals surface area contributed by atoms with Crippen molar-refractivity contribution in [1.29, 1.82) is 0 Å². The fraction of sp³-hybridized carbons (Fsp3) is 0.727. The molecule has 0 fully saturated rings. The Bertz CT molecular complexity index is 142. The number of carboxylic acids is 1. The van der Waals surface area contributed by atoms with Crippen LogP contribution in [0.4, 0.5) is 0 Å². The molecule has 0 saturated heterocycles. The number of unbranched alkanes of at least 4 members (excludes halogenated alkanes) is 1. The molecule has 0 saturated carbocycles. The van der Waals surface area contributed by atoms with Gasteiger partial charge in [-0.2, -0.15) is 0 Å². The summed E-state index contributed by atoms with van der Waals surface area (Å²) in [5.74, 6) is 0.0631. The zero-order valence-corrected chi connectivity index (χ0v) is 12.1. The summed E-state index contributed by atoms with van der Waals surface area (Å²) >= 11 is 1.71. The summed E-state index contributed by atoms with van der Waals surface area (Å²) in [4.78, 5) is 9.25. The third kappa shape index (κ3) is 14.5. The van der Waals surface area contributed by atoms with Crippen LogP contribution in [0.2, 0.25) is 4.44 Å². The topological polar surface area (TPSA) is 37.3 Å². The first-order chi connectivity index (χ1) is 6.62. The quantitative estimate of drug-likeness (QED) is 0.605. The summed E-state index contributed by atoms with van der Waals surface area (Å²) in [5.41, 5.74) is 0. The standard InChI is InChI=1S/C8H17.C3H4O2.Sn/c1-4-6-7-8(3)5-2;1-2-3(4)5;/h8H,3-7H2,1-2H3;2H,1H2,(H,4,5);. The van der Waals surface area contributed by atoms with Gasteiger partial charge in [0.1, 0.15) is 0 Å². The first-order valence-electron chi connectivity index (χ1n) is 5.12. The Morgan fingerprint density at radius 2 is 2.07 bits per heavy atom. The van der Waals surface area contributed by atoms with E-state index in [1.54, 1.807) is 22.5 Å². The van der Waals surface area contributed by atoms with E-state index < -0.39 is 5.97 Å². The molecular formula is C11H21O2Sn. The zero-order valence-electron chi connectivity index (χ0n) is 9.25. The minimum atomic E-state index is -0.981. The minimum absolute atomic E-state index is 0.833. The summed E-state index contributed by atoms with van der Waals surface area (Å²) in [6, 6.07) is 0. The van der Waals surface area contributed by atoms with Gasteiger partial charge in [0.25, 0.3) is 0 Å². The van der Waals surface area contributed by atoms with Crippen LogP contribution in [0.25, 0.3) is 0 Å². The van der Waals surface area contributed by atoms with Crippen molar-refractivity contribution in [2.24, 2.45) is 5.92 Å². The van der Waals surface area contributed by atoms with Crippen LogP contribution in [0.3, 0.4) is 0 Å². The third-order valence-corrected chi connectivity index (χ3v) is 3.65. The Kier molecular flexibility index (Phi) is 15.3. The molecular weight excluding hydrogens is 283 g/mol. The van der Waals surface area contributed by atoms with Crippen LogP contribution in [-0.2, 0) is 4.79 Å². The van der Waals surface area contributed by atoms with E-state index in [9.17, 15) is 4.79 Å². The molecule has 0 spiro atoms. The number of hydrogen-bond donors (Lipinski definition) is 1. The molecule has 1 atom stereocenters. The maximum absolute atomic E-state index is 9.25. The number of aliphatic carboxylic acids is 1. The SMILES string of the molecule is C=CC(=O)O.CCCCC(CC)[CH2][Sn]. The predicted molar refractivity (Wildman–Crippen MR) is 61.7 cm³/mol. The van der Waals surface area contributed by atoms with E-state index in [1.165, 1.54) is 30.1 Å². The Hall–Kier alpha value is 0.00870. The van der Waals surface area contributed by atoms with E-state index in [2.05, 4.69) is 20.4 Å². The molecule has 3 heteroatoms. The number of hydrogen-bond acceptors (Lipinski definition) is 1. The van der Waals surface area contributed by atoms with Gasteiger partial charge in [0.2, 0.25) is 0 Å². The molecule has 0 aliphatic rings. The molecule has 0 aromatic rings. The van der Waals surface area contributed by atoms with Gasteiger partial charge < -0.3 is 5.11 Å². The van der Waals surface area contributed by atoms with Crippen LogP contribution in [0.5, 0.6) is 0 Å². The van der Waals surface area contributed by atoms with Crippen LogP contribution >= 0.6 is 0 Å². The molecule has 0 aromatic heterocycles. The van der Waals surface area contributed by atoms with Crippen molar-refractivity contribution < 1.29 is 9.90 Å². The van der Waals surface area contributed by atoms with E-state index in [-0.39, 0.29) is 0 Å². The Balaban J connectivity index is 0. The zero-order chi connectivity index (χ0) is 11.4. The average molecular weight is 304 g/mol. The van der Waals surface area contributed by atoms with Gasteiger partial charge in [0.05, 0.1) is 0 Å². The van der Waals surface area contributed by atoms with E-state index in [0.29, 0.717) is 0 Å². The van der Waals surface area contributed by atoms with Crippen molar-refractivity contribution in [1.82, 2.24) is 0 Å². The number of carbonyl (C=O) groups is 1. The van der Waals surface area contributed by atoms with Crippen LogP contribution in [0, 0.1) is 5.92 Å². The van der Waals surface area contributed by atoms with Crippen molar-refractivity contribution >= 4 is 28.5 Å². The molecule has 1 N–H and O–H groups in total. The van der Waals surface area contributed by atoms with Crippen molar-refractivity contribution in [3.05, 3.63) is 12.7 Å². The Morgan fingerprint density at radius 3 is 2.29 bits per heavy atom. The van der Waals surface area contributed by atoms with Crippen LogP contribution in [0.1, 0.15) is 39.5 Å². The Morgan fingerprint density at radius 1 is 1.57 bits per heavy atom. The molecule has 0 aliphatic heterocycles. The molecule has 0 heterocycles. The second-order valence-electron chi connectivity index (χ2n) is 3.16. The number of carboxylic acid groups (broad SMARTS) is 1. The molecule has 14 heavy (non-hydrogen) atoms. The van der Waals surface area contributed by atoms with Crippen molar-refractivity contribution in [2.75, 3.05) is 0 Å². The van der Waals surface area contributed by atoms with Crippen molar-refractivity contribution in [3.8, 4) is 0 Å². The van der Waals surface area contributed by atoms with Crippen LogP contribution < -0.4 is 0 Å². The second-order valence-corrected chi connectivity index (χ2v) is 4.33. The second kappa shape index (κ2) is 13.0. The summed E-state index contributed by atoms with van der Waals surface area (Å²) in [7, 11) is 0. The third-order valence-electron chi connectivity index (χ3n) is 2.01. The fourth-order valence-corrected chi connectivity index (χ4v) is 2.35. The Labute approximate surface area is 101 Å². The fourth-order valence-electron chi connectivity index (χ4n) is 0.943. The van der Waals surface area contributed by atoms with Crippen molar-refractivity contribution in [3.63, 3.8) is 0 Å². The predicted octanol–water partition coefficient (Wildman–Crippen LogP) is 3.05.